The summed E-state index contributed by atoms with van der Waals surface area (Å²) in [6.45, 7) is 10.9. The predicted octanol–water partition coefficient (Wildman–Crippen LogP) is 6.83. The molecule has 2 aliphatic carbocycles. The first-order valence-corrected chi connectivity index (χ1v) is 13.0. The van der Waals surface area contributed by atoms with Crippen molar-refractivity contribution < 1.29 is 26.5 Å². The Morgan fingerprint density at radius 3 is 1.77 bits per heavy atom. The zero-order valence-electron chi connectivity index (χ0n) is 19.7. The van der Waals surface area contributed by atoms with E-state index in [0.717, 1.165) is 25.7 Å². The van der Waals surface area contributed by atoms with Crippen molar-refractivity contribution in [2.45, 2.75) is 85.6 Å². The molecule has 30 heavy (non-hydrogen) atoms. The summed E-state index contributed by atoms with van der Waals surface area (Å²) in [6.07, 6.45) is 12.7. The van der Waals surface area contributed by atoms with Gasteiger partial charge in [-0.3, -0.25) is 6.08 Å². The van der Waals surface area contributed by atoms with Gasteiger partial charge in [0.1, 0.15) is 0 Å². The molecule has 1 atom stereocenters. The van der Waals surface area contributed by atoms with Crippen molar-refractivity contribution in [3.8, 4) is 0 Å². The Labute approximate surface area is 202 Å². The van der Waals surface area contributed by atoms with Crippen molar-refractivity contribution in [3.05, 3.63) is 58.9 Å². The number of rotatable bonds is 2. The average Bonchev–Trinajstić information content (AvgIpc) is 3.04. The van der Waals surface area contributed by atoms with E-state index in [1.807, 2.05) is 0 Å². The van der Waals surface area contributed by atoms with Gasteiger partial charge in [-0.1, -0.05) is 107 Å². The second-order valence-corrected chi connectivity index (χ2v) is 9.50. The molecule has 0 aliphatic heterocycles. The summed E-state index contributed by atoms with van der Waals surface area (Å²) in [7, 11) is 0.511. The van der Waals surface area contributed by atoms with E-state index in [1.165, 1.54) is 47.6 Å². The summed E-state index contributed by atoms with van der Waals surface area (Å²) >= 11 is 0. The van der Waals surface area contributed by atoms with Gasteiger partial charge in [-0.05, 0) is 12.8 Å². The van der Waals surface area contributed by atoms with Gasteiger partial charge in [0, 0.05) is 5.92 Å². The van der Waals surface area contributed by atoms with Crippen molar-refractivity contribution in [2.24, 2.45) is 11.8 Å². The smallest absolute Gasteiger partial charge is 0.668 e. The molecule has 1 saturated carbocycles. The summed E-state index contributed by atoms with van der Waals surface area (Å²) in [4.78, 5) is 10.8. The van der Waals surface area contributed by atoms with E-state index in [2.05, 4.69) is 70.6 Å². The van der Waals surface area contributed by atoms with Crippen LogP contribution < -0.4 is 5.19 Å². The predicted molar refractivity (Wildman–Crippen MR) is 129 cm³/mol. The van der Waals surface area contributed by atoms with Crippen molar-refractivity contribution in [2.75, 3.05) is 0 Å². The normalized spacial score (nSPS) is 19.5. The van der Waals surface area contributed by atoms with Gasteiger partial charge in [0.2, 0.25) is 0 Å². The molecule has 163 valence electrons. The van der Waals surface area contributed by atoms with Crippen molar-refractivity contribution in [1.82, 2.24) is 0 Å². The topological polar surface area (TPSA) is 40.9 Å². The van der Waals surface area contributed by atoms with Crippen LogP contribution in [0.15, 0.2) is 47.1 Å². The van der Waals surface area contributed by atoms with Crippen molar-refractivity contribution in [1.29, 1.82) is 0 Å². The Balaban J connectivity index is 0.000000423. The third-order valence-corrected chi connectivity index (χ3v) is 7.15. The minimum absolute atomic E-state index is 0. The van der Waals surface area contributed by atoms with Crippen molar-refractivity contribution in [3.63, 3.8) is 0 Å². The third kappa shape index (κ3) is 11.5. The molecule has 1 radical (unpaired) electrons. The maximum atomic E-state index is 10.8. The first kappa shape index (κ1) is 29.1. The quantitative estimate of drug-likeness (QED) is 0.354. The Bertz CT molecular complexity index is 659. The summed E-state index contributed by atoms with van der Waals surface area (Å²) in [5.41, 5.74) is 11.3. The van der Waals surface area contributed by atoms with E-state index in [9.17, 15) is 4.79 Å². The summed E-state index contributed by atoms with van der Waals surface area (Å²) < 4.78 is 0. The molecule has 1 unspecified atom stereocenters. The standard InChI is InChI=1S/C10H19NO.C9H13.C7H9Si.Ti/c11-10(12)9-7-5-3-1-2-4-6-8-9;1-6-5-7(2)9(4)8(6)3;1-8-7-5-3-2-4-6-7;/h9H,1-8H2,(H2,11,12);6H,1-4H3;2-6,8H,1H3;/q;-1;;+2/p-1. The van der Waals surface area contributed by atoms with Crippen LogP contribution in [0.3, 0.4) is 0 Å². The van der Waals surface area contributed by atoms with Crippen LogP contribution in [0.1, 0.15) is 79.1 Å². The van der Waals surface area contributed by atoms with Crippen LogP contribution in [-0.4, -0.2) is 15.4 Å². The first-order valence-electron chi connectivity index (χ1n) is 11.2. The van der Waals surface area contributed by atoms with E-state index in [4.69, 9.17) is 5.73 Å². The molecular formula is C26H40NOSiTi. The molecule has 0 heterocycles. The number of hydrogen-bond donors (Lipinski definition) is 0. The molecule has 2 nitrogen and oxygen atoms in total. The summed E-state index contributed by atoms with van der Waals surface area (Å²) in [6, 6.07) is 10.6. The Kier molecular flexibility index (Phi) is 16.2. The molecule has 3 rings (SSSR count). The molecule has 0 aromatic heterocycles. The SMILES string of the molecule is CC1=[C-]C(C)C(C)=C1C.C[SiH]c1ccccc1.[NH-]C(=O)C1CCCCCCCC1.[Ti+2]. The number of allylic oxidation sites excluding steroid dienone is 4. The first-order chi connectivity index (χ1) is 13.9. The largest absolute Gasteiger partial charge is 2.00 e. The molecule has 0 spiro atoms. The van der Waals surface area contributed by atoms with E-state index in [1.54, 1.807) is 0 Å². The number of nitrogens with one attached hydrogen (secondary N) is 1. The summed E-state index contributed by atoms with van der Waals surface area (Å²) in [5.74, 6) is 0.282. The average molecular weight is 459 g/mol. The van der Waals surface area contributed by atoms with Gasteiger partial charge in [-0.2, -0.15) is 11.1 Å². The van der Waals surface area contributed by atoms with E-state index >= 15 is 0 Å². The zero-order chi connectivity index (χ0) is 21.6. The van der Waals surface area contributed by atoms with Gasteiger partial charge in [-0.15, -0.1) is 6.92 Å². The van der Waals surface area contributed by atoms with E-state index < -0.39 is 0 Å². The molecule has 1 amide bonds. The number of carbonyl (C=O) groups is 1. The molecule has 1 fully saturated rings. The van der Waals surface area contributed by atoms with E-state index in [-0.39, 0.29) is 33.5 Å². The number of carbonyl (C=O) groups excluding carboxylic acids is 1. The monoisotopic (exact) mass is 458 g/mol. The molecule has 1 N–H and O–H groups in total. The van der Waals surface area contributed by atoms with Gasteiger partial charge in [0.05, 0.1) is 15.4 Å². The zero-order valence-corrected chi connectivity index (χ0v) is 22.4. The molecule has 1 aromatic carbocycles. The fourth-order valence-electron chi connectivity index (χ4n) is 3.70. The van der Waals surface area contributed by atoms with Crippen LogP contribution in [-0.2, 0) is 26.5 Å². The Morgan fingerprint density at radius 2 is 1.47 bits per heavy atom. The van der Waals surface area contributed by atoms with Gasteiger partial charge in [0.15, 0.2) is 0 Å². The molecule has 0 bridgehead atoms. The van der Waals surface area contributed by atoms with E-state index in [0.29, 0.717) is 15.4 Å². The number of hydrogen-bond acceptors (Lipinski definition) is 1. The van der Waals surface area contributed by atoms with Crippen LogP contribution in [0.4, 0.5) is 0 Å². The van der Waals surface area contributed by atoms with Gasteiger partial charge < -0.3 is 10.5 Å². The Hall–Kier alpha value is -0.899. The van der Waals surface area contributed by atoms with Crippen LogP contribution in [0.5, 0.6) is 0 Å². The summed E-state index contributed by atoms with van der Waals surface area (Å²) in [5, 5.41) is 1.49. The minimum atomic E-state index is -0.336. The van der Waals surface area contributed by atoms with Gasteiger partial charge in [0.25, 0.3) is 0 Å². The molecule has 1 aromatic rings. The fourth-order valence-corrected chi connectivity index (χ4v) is 4.31. The second-order valence-electron chi connectivity index (χ2n) is 8.26. The molecular weight excluding hydrogens is 418 g/mol. The molecule has 4 heteroatoms. The van der Waals surface area contributed by atoms with Crippen molar-refractivity contribution >= 4 is 20.6 Å². The fraction of sp³-hybridized carbons (Fsp3) is 0.577. The van der Waals surface area contributed by atoms with Gasteiger partial charge in [-0.25, -0.2) is 5.57 Å². The van der Waals surface area contributed by atoms with Crippen LogP contribution in [0, 0.1) is 17.9 Å². The van der Waals surface area contributed by atoms with Gasteiger partial charge >= 0.3 is 21.7 Å². The number of benzene rings is 1. The number of amides is 1. The molecule has 0 saturated heterocycles. The minimum Gasteiger partial charge on any atom is -0.668 e. The van der Waals surface area contributed by atoms with Crippen LogP contribution in [0.25, 0.3) is 5.73 Å². The van der Waals surface area contributed by atoms with Crippen LogP contribution >= 0.6 is 0 Å². The maximum absolute atomic E-state index is 10.8. The Morgan fingerprint density at radius 1 is 0.967 bits per heavy atom. The maximum Gasteiger partial charge on any atom is 2.00 e. The molecule has 2 aliphatic rings. The second kappa shape index (κ2) is 16.8. The van der Waals surface area contributed by atoms with Crippen LogP contribution in [0.2, 0.25) is 6.55 Å². The third-order valence-electron chi connectivity index (χ3n) is 6.10.